The normalized spacial score (nSPS) is 14.9. The van der Waals surface area contributed by atoms with Gasteiger partial charge in [0, 0.05) is 30.1 Å². The highest BCUT2D eigenvalue weighted by molar-refractivity contribution is 7.15. The molecule has 0 aliphatic rings. The summed E-state index contributed by atoms with van der Waals surface area (Å²) in [6.07, 6.45) is 0. The molecule has 1 heterocycles. The molecule has 5 heteroatoms. The summed E-state index contributed by atoms with van der Waals surface area (Å²) in [7, 11) is 4.20. The predicted molar refractivity (Wildman–Crippen MR) is 80.5 cm³/mol. The molecule has 2 atom stereocenters. The van der Waals surface area contributed by atoms with Crippen LogP contribution in [0.25, 0.3) is 0 Å². The molecule has 0 aliphatic carbocycles. The van der Waals surface area contributed by atoms with Crippen LogP contribution in [0.4, 0.5) is 5.13 Å². The zero-order chi connectivity index (χ0) is 13.9. The summed E-state index contributed by atoms with van der Waals surface area (Å²) in [6, 6.07) is 0.524. The number of rotatable bonds is 6. The van der Waals surface area contributed by atoms with Crippen LogP contribution >= 0.6 is 11.3 Å². The molecule has 0 fully saturated rings. The maximum absolute atomic E-state index is 5.97. The topological polar surface area (TPSA) is 45.4 Å². The lowest BCUT2D eigenvalue weighted by molar-refractivity contribution is 0.373. The van der Waals surface area contributed by atoms with Crippen molar-refractivity contribution in [1.29, 1.82) is 0 Å². The number of likely N-dealkylation sites (N-methyl/N-ethyl adjacent to an activating group) is 2. The van der Waals surface area contributed by atoms with Crippen molar-refractivity contribution in [3.63, 3.8) is 0 Å². The van der Waals surface area contributed by atoms with Gasteiger partial charge in [-0.2, -0.15) is 0 Å². The van der Waals surface area contributed by atoms with E-state index >= 15 is 0 Å². The molecule has 2 unspecified atom stereocenters. The number of aromatic nitrogens is 1. The minimum Gasteiger partial charge on any atom is -0.344 e. The minimum atomic E-state index is 0.0686. The van der Waals surface area contributed by atoms with Crippen LogP contribution in [0.5, 0.6) is 0 Å². The fourth-order valence-corrected chi connectivity index (χ4v) is 3.39. The molecule has 1 aromatic heterocycles. The van der Waals surface area contributed by atoms with Gasteiger partial charge < -0.3 is 15.5 Å². The molecule has 0 saturated carbocycles. The summed E-state index contributed by atoms with van der Waals surface area (Å²) in [5, 5.41) is 1.09. The number of nitrogens with two attached hydrogens (primary N) is 1. The van der Waals surface area contributed by atoms with Crippen LogP contribution in [0, 0.1) is 6.92 Å². The van der Waals surface area contributed by atoms with E-state index in [1.165, 1.54) is 4.88 Å². The van der Waals surface area contributed by atoms with Gasteiger partial charge in [0.05, 0.1) is 5.69 Å². The van der Waals surface area contributed by atoms with E-state index in [1.54, 1.807) is 11.3 Å². The highest BCUT2D eigenvalue weighted by atomic mass is 32.1. The Bertz CT molecular complexity index is 373. The first-order valence-corrected chi connectivity index (χ1v) is 7.32. The second-order valence-corrected chi connectivity index (χ2v) is 6.14. The van der Waals surface area contributed by atoms with Crippen LogP contribution in [0.15, 0.2) is 0 Å². The molecule has 0 spiro atoms. The van der Waals surface area contributed by atoms with Crippen LogP contribution in [-0.2, 0) is 0 Å². The lowest BCUT2D eigenvalue weighted by atomic mass is 10.2. The van der Waals surface area contributed by atoms with Gasteiger partial charge in [0.1, 0.15) is 0 Å². The SMILES string of the molecule is CCN(c1nc(C)c(C(C)N)s1)C(C)CN(C)C. The number of anilines is 1. The maximum atomic E-state index is 5.97. The van der Waals surface area contributed by atoms with Crippen molar-refractivity contribution >= 4 is 16.5 Å². The van der Waals surface area contributed by atoms with E-state index < -0.39 is 0 Å². The van der Waals surface area contributed by atoms with Crippen molar-refractivity contribution in [2.45, 2.75) is 39.8 Å². The van der Waals surface area contributed by atoms with Gasteiger partial charge in [-0.05, 0) is 41.8 Å². The fourth-order valence-electron chi connectivity index (χ4n) is 2.20. The average Bonchev–Trinajstić information content (AvgIpc) is 2.60. The van der Waals surface area contributed by atoms with Crippen LogP contribution < -0.4 is 10.6 Å². The molecular weight excluding hydrogens is 244 g/mol. The van der Waals surface area contributed by atoms with E-state index in [2.05, 4.69) is 42.7 Å². The molecule has 1 rings (SSSR count). The van der Waals surface area contributed by atoms with Gasteiger partial charge in [-0.1, -0.05) is 0 Å². The van der Waals surface area contributed by atoms with Crippen molar-refractivity contribution in [3.05, 3.63) is 10.6 Å². The second-order valence-electron chi connectivity index (χ2n) is 5.13. The third-order valence-corrected chi connectivity index (χ3v) is 4.38. The van der Waals surface area contributed by atoms with Crippen molar-refractivity contribution < 1.29 is 0 Å². The number of hydrogen-bond acceptors (Lipinski definition) is 5. The number of aryl methyl sites for hydroxylation is 1. The Labute approximate surface area is 115 Å². The first-order valence-electron chi connectivity index (χ1n) is 6.51. The van der Waals surface area contributed by atoms with Crippen LogP contribution in [0.3, 0.4) is 0 Å². The molecule has 104 valence electrons. The highest BCUT2D eigenvalue weighted by Crippen LogP contribution is 2.30. The van der Waals surface area contributed by atoms with E-state index in [-0.39, 0.29) is 6.04 Å². The van der Waals surface area contributed by atoms with E-state index in [1.807, 2.05) is 13.8 Å². The summed E-state index contributed by atoms with van der Waals surface area (Å²) >= 11 is 1.73. The third kappa shape index (κ3) is 3.67. The molecule has 0 radical (unpaired) electrons. The maximum Gasteiger partial charge on any atom is 0.186 e. The summed E-state index contributed by atoms with van der Waals surface area (Å²) in [5.41, 5.74) is 7.04. The van der Waals surface area contributed by atoms with E-state index in [0.29, 0.717) is 6.04 Å². The van der Waals surface area contributed by atoms with Crippen LogP contribution in [0.1, 0.15) is 37.4 Å². The quantitative estimate of drug-likeness (QED) is 0.861. The van der Waals surface area contributed by atoms with Gasteiger partial charge in [0.15, 0.2) is 5.13 Å². The van der Waals surface area contributed by atoms with Gasteiger partial charge in [-0.15, -0.1) is 11.3 Å². The zero-order valence-electron chi connectivity index (χ0n) is 12.4. The number of nitrogens with zero attached hydrogens (tertiary/aromatic N) is 3. The molecule has 0 bridgehead atoms. The van der Waals surface area contributed by atoms with Gasteiger partial charge >= 0.3 is 0 Å². The Morgan fingerprint density at radius 1 is 1.33 bits per heavy atom. The van der Waals surface area contributed by atoms with Gasteiger partial charge in [-0.3, -0.25) is 0 Å². The third-order valence-electron chi connectivity index (χ3n) is 2.98. The van der Waals surface area contributed by atoms with E-state index in [9.17, 15) is 0 Å². The van der Waals surface area contributed by atoms with Crippen LogP contribution in [-0.4, -0.2) is 43.1 Å². The first-order chi connectivity index (χ1) is 8.36. The Hall–Kier alpha value is -0.650. The molecule has 4 nitrogen and oxygen atoms in total. The molecule has 2 N–H and O–H groups in total. The average molecular weight is 270 g/mol. The first kappa shape index (κ1) is 15.4. The van der Waals surface area contributed by atoms with Crippen molar-refractivity contribution in [3.8, 4) is 0 Å². The Morgan fingerprint density at radius 3 is 2.33 bits per heavy atom. The van der Waals surface area contributed by atoms with Crippen LogP contribution in [0.2, 0.25) is 0 Å². The summed E-state index contributed by atoms with van der Waals surface area (Å²) in [4.78, 5) is 10.4. The lowest BCUT2D eigenvalue weighted by Gasteiger charge is -2.29. The molecule has 0 amide bonds. The molecule has 0 saturated heterocycles. The fraction of sp³-hybridized carbons (Fsp3) is 0.769. The van der Waals surface area contributed by atoms with E-state index in [4.69, 9.17) is 5.73 Å². The summed E-state index contributed by atoms with van der Waals surface area (Å²) in [5.74, 6) is 0. The predicted octanol–water partition coefficient (Wildman–Crippen LogP) is 2.25. The van der Waals surface area contributed by atoms with Gasteiger partial charge in [0.2, 0.25) is 0 Å². The number of hydrogen-bond donors (Lipinski definition) is 1. The Kier molecular flexibility index (Phi) is 5.56. The Morgan fingerprint density at radius 2 is 1.94 bits per heavy atom. The highest BCUT2D eigenvalue weighted by Gasteiger charge is 2.19. The van der Waals surface area contributed by atoms with Crippen molar-refractivity contribution in [1.82, 2.24) is 9.88 Å². The molecule has 1 aromatic rings. The van der Waals surface area contributed by atoms with E-state index in [0.717, 1.165) is 23.9 Å². The molecular formula is C13H26N4S. The molecule has 18 heavy (non-hydrogen) atoms. The Balaban J connectivity index is 2.91. The van der Waals surface area contributed by atoms with Gasteiger partial charge in [-0.25, -0.2) is 4.98 Å². The van der Waals surface area contributed by atoms with Gasteiger partial charge in [0.25, 0.3) is 0 Å². The minimum absolute atomic E-state index is 0.0686. The molecule has 0 aromatic carbocycles. The largest absolute Gasteiger partial charge is 0.344 e. The smallest absolute Gasteiger partial charge is 0.186 e. The van der Waals surface area contributed by atoms with Crippen molar-refractivity contribution in [2.24, 2.45) is 5.73 Å². The monoisotopic (exact) mass is 270 g/mol. The summed E-state index contributed by atoms with van der Waals surface area (Å²) < 4.78 is 0. The standard InChI is InChI=1S/C13H26N4S/c1-7-17(9(2)8-16(5)6)13-15-11(4)12(18-13)10(3)14/h9-10H,7-8,14H2,1-6H3. The summed E-state index contributed by atoms with van der Waals surface area (Å²) in [6.45, 7) is 10.5. The van der Waals surface area contributed by atoms with Crippen molar-refractivity contribution in [2.75, 3.05) is 32.1 Å². The zero-order valence-corrected chi connectivity index (χ0v) is 13.2. The molecule has 0 aliphatic heterocycles. The second kappa shape index (κ2) is 6.50. The lowest BCUT2D eigenvalue weighted by Crippen LogP contribution is -2.40. The number of thiazole rings is 1.